The minimum absolute atomic E-state index is 0.0319. The average molecular weight is 474 g/mol. The second kappa shape index (κ2) is 11.9. The van der Waals surface area contributed by atoms with Gasteiger partial charge in [-0.3, -0.25) is 4.79 Å². The number of fused-ring (bicyclic) bond motifs is 1. The topological polar surface area (TPSA) is 71.1 Å². The van der Waals surface area contributed by atoms with Gasteiger partial charge in [0, 0.05) is 24.0 Å². The van der Waals surface area contributed by atoms with Gasteiger partial charge in [0.15, 0.2) is 11.5 Å². The van der Waals surface area contributed by atoms with Gasteiger partial charge in [-0.25, -0.2) is 4.79 Å². The van der Waals surface area contributed by atoms with Crippen molar-refractivity contribution in [3.8, 4) is 11.5 Å². The molecule has 2 atom stereocenters. The summed E-state index contributed by atoms with van der Waals surface area (Å²) < 4.78 is 11.6. The summed E-state index contributed by atoms with van der Waals surface area (Å²) in [5.74, 6) is 1.25. The van der Waals surface area contributed by atoms with Crippen LogP contribution in [-0.4, -0.2) is 61.1 Å². The maximum atomic E-state index is 13.5. The van der Waals surface area contributed by atoms with E-state index in [4.69, 9.17) is 9.47 Å². The van der Waals surface area contributed by atoms with Gasteiger partial charge in [0.1, 0.15) is 13.2 Å². The molecule has 1 aliphatic heterocycles. The van der Waals surface area contributed by atoms with Gasteiger partial charge in [-0.2, -0.15) is 0 Å². The number of urea groups is 1. The number of hydrogen-bond acceptors (Lipinski definition) is 5. The van der Waals surface area contributed by atoms with Gasteiger partial charge in [0.2, 0.25) is 5.91 Å². The first-order valence-electron chi connectivity index (χ1n) is 11.7. The van der Waals surface area contributed by atoms with Crippen molar-refractivity contribution in [1.82, 2.24) is 15.1 Å². The van der Waals surface area contributed by atoms with Gasteiger partial charge in [0.25, 0.3) is 0 Å². The fourth-order valence-corrected chi connectivity index (χ4v) is 4.93. The third-order valence-corrected chi connectivity index (χ3v) is 7.09. The normalized spacial score (nSPS) is 16.0. The molecule has 8 heteroatoms. The Bertz CT molecular complexity index is 932. The summed E-state index contributed by atoms with van der Waals surface area (Å²) in [7, 11) is 1.61. The quantitative estimate of drug-likeness (QED) is 0.552. The van der Waals surface area contributed by atoms with E-state index < -0.39 is 0 Å². The van der Waals surface area contributed by atoms with Crippen LogP contribution in [0.3, 0.4) is 0 Å². The standard InChI is InChI=1S/C25H35N3O4S/c1-5-13-26-25(30)28(18(3)6-2)16-24(29)27-14-11-23-19(12-15-33-23)20(27)17-32-22-10-8-7-9-21(22)31-4/h7-10,12,15,18,20H,5-6,11,13-14,16-17H2,1-4H3,(H,26,30). The van der Waals surface area contributed by atoms with E-state index in [1.165, 1.54) is 4.88 Å². The number of nitrogens with zero attached hydrogens (tertiary/aromatic N) is 2. The molecule has 0 fully saturated rings. The predicted octanol–water partition coefficient (Wildman–Crippen LogP) is 4.48. The van der Waals surface area contributed by atoms with Crippen molar-refractivity contribution in [2.24, 2.45) is 0 Å². The molecule has 1 N–H and O–H groups in total. The highest BCUT2D eigenvalue weighted by Crippen LogP contribution is 2.35. The molecular formula is C25H35N3O4S. The number of methoxy groups -OCH3 is 1. The second-order valence-corrected chi connectivity index (χ2v) is 9.23. The highest BCUT2D eigenvalue weighted by Gasteiger charge is 2.34. The first-order chi connectivity index (χ1) is 16.0. The van der Waals surface area contributed by atoms with E-state index in [-0.39, 0.29) is 30.6 Å². The molecule has 0 aliphatic carbocycles. The van der Waals surface area contributed by atoms with E-state index >= 15 is 0 Å². The number of ether oxygens (including phenoxy) is 2. The van der Waals surface area contributed by atoms with Crippen LogP contribution in [-0.2, 0) is 11.2 Å². The van der Waals surface area contributed by atoms with Crippen molar-refractivity contribution in [2.45, 2.75) is 52.1 Å². The fourth-order valence-electron chi connectivity index (χ4n) is 4.00. The maximum absolute atomic E-state index is 13.5. The highest BCUT2D eigenvalue weighted by molar-refractivity contribution is 7.10. The lowest BCUT2D eigenvalue weighted by Crippen LogP contribution is -2.52. The summed E-state index contributed by atoms with van der Waals surface area (Å²) in [5, 5.41) is 4.99. The smallest absolute Gasteiger partial charge is 0.318 e. The number of carbonyl (C=O) groups excluding carboxylic acids is 2. The molecule has 1 aliphatic rings. The van der Waals surface area contributed by atoms with Crippen LogP contribution in [0.2, 0.25) is 0 Å². The van der Waals surface area contributed by atoms with Crippen molar-refractivity contribution in [3.63, 3.8) is 0 Å². The van der Waals surface area contributed by atoms with E-state index in [1.807, 2.05) is 49.9 Å². The lowest BCUT2D eigenvalue weighted by Gasteiger charge is -2.38. The number of rotatable bonds is 10. The third-order valence-electron chi connectivity index (χ3n) is 6.10. The van der Waals surface area contributed by atoms with Crippen molar-refractivity contribution in [1.29, 1.82) is 0 Å². The van der Waals surface area contributed by atoms with E-state index in [2.05, 4.69) is 16.8 Å². The fraction of sp³-hybridized carbons (Fsp3) is 0.520. The Morgan fingerprint density at radius 3 is 2.70 bits per heavy atom. The molecule has 2 unspecified atom stereocenters. The molecule has 180 valence electrons. The highest BCUT2D eigenvalue weighted by atomic mass is 32.1. The van der Waals surface area contributed by atoms with Crippen LogP contribution in [0.4, 0.5) is 4.79 Å². The second-order valence-electron chi connectivity index (χ2n) is 8.23. The summed E-state index contributed by atoms with van der Waals surface area (Å²) in [5.41, 5.74) is 1.13. The molecule has 2 aromatic rings. The zero-order valence-corrected chi connectivity index (χ0v) is 20.8. The van der Waals surface area contributed by atoms with Crippen molar-refractivity contribution >= 4 is 23.3 Å². The Morgan fingerprint density at radius 1 is 1.24 bits per heavy atom. The van der Waals surface area contributed by atoms with E-state index in [0.717, 1.165) is 24.8 Å². The van der Waals surface area contributed by atoms with Crippen molar-refractivity contribution < 1.29 is 19.1 Å². The monoisotopic (exact) mass is 473 g/mol. The molecule has 33 heavy (non-hydrogen) atoms. The van der Waals surface area contributed by atoms with Crippen LogP contribution < -0.4 is 14.8 Å². The van der Waals surface area contributed by atoms with Crippen LogP contribution in [0.1, 0.15) is 50.1 Å². The van der Waals surface area contributed by atoms with Crippen LogP contribution in [0.25, 0.3) is 0 Å². The molecule has 0 bridgehead atoms. The van der Waals surface area contributed by atoms with Crippen LogP contribution in [0.5, 0.6) is 11.5 Å². The van der Waals surface area contributed by atoms with Gasteiger partial charge in [-0.05, 0) is 55.3 Å². The van der Waals surface area contributed by atoms with E-state index in [1.54, 1.807) is 23.3 Å². The average Bonchev–Trinajstić information content (AvgIpc) is 3.33. The lowest BCUT2D eigenvalue weighted by atomic mass is 10.00. The summed E-state index contributed by atoms with van der Waals surface area (Å²) in [6.07, 6.45) is 2.44. The molecule has 7 nitrogen and oxygen atoms in total. The SMILES string of the molecule is CCCNC(=O)N(CC(=O)N1CCc2sccc2C1COc1ccccc1OC)C(C)CC. The first-order valence-corrected chi connectivity index (χ1v) is 12.5. The van der Waals surface area contributed by atoms with E-state index in [9.17, 15) is 9.59 Å². The number of hydrogen-bond donors (Lipinski definition) is 1. The van der Waals surface area contributed by atoms with Gasteiger partial charge in [-0.15, -0.1) is 11.3 Å². The molecule has 1 aromatic carbocycles. The van der Waals surface area contributed by atoms with Gasteiger partial charge in [0.05, 0.1) is 13.2 Å². The van der Waals surface area contributed by atoms with Crippen molar-refractivity contribution in [3.05, 3.63) is 46.2 Å². The predicted molar refractivity (Wildman–Crippen MR) is 131 cm³/mol. The number of nitrogens with one attached hydrogen (secondary N) is 1. The molecule has 0 spiro atoms. The molecule has 2 heterocycles. The number of thiophene rings is 1. The third kappa shape index (κ3) is 5.99. The van der Waals surface area contributed by atoms with Gasteiger partial charge < -0.3 is 24.6 Å². The molecule has 1 aromatic heterocycles. The Morgan fingerprint density at radius 2 is 2.00 bits per heavy atom. The molecular weight excluding hydrogens is 438 g/mol. The van der Waals surface area contributed by atoms with Crippen LogP contribution in [0, 0.1) is 0 Å². The molecule has 0 radical (unpaired) electrons. The number of carbonyl (C=O) groups is 2. The summed E-state index contributed by atoms with van der Waals surface area (Å²) in [6.45, 7) is 7.59. The number of para-hydroxylation sites is 2. The van der Waals surface area contributed by atoms with Crippen LogP contribution in [0.15, 0.2) is 35.7 Å². The van der Waals surface area contributed by atoms with Crippen molar-refractivity contribution in [2.75, 3.05) is 33.4 Å². The van der Waals surface area contributed by atoms with Gasteiger partial charge in [-0.1, -0.05) is 26.0 Å². The zero-order chi connectivity index (χ0) is 23.8. The largest absolute Gasteiger partial charge is 0.493 e. The Labute approximate surface area is 200 Å². The molecule has 3 rings (SSSR count). The molecule has 0 saturated heterocycles. The molecule has 3 amide bonds. The maximum Gasteiger partial charge on any atom is 0.318 e. The van der Waals surface area contributed by atoms with E-state index in [0.29, 0.717) is 31.2 Å². The minimum Gasteiger partial charge on any atom is -0.493 e. The first kappa shape index (κ1) is 24.9. The zero-order valence-electron chi connectivity index (χ0n) is 20.0. The molecule has 0 saturated carbocycles. The summed E-state index contributed by atoms with van der Waals surface area (Å²) in [6, 6.07) is 9.16. The Balaban J connectivity index is 1.78. The lowest BCUT2D eigenvalue weighted by molar-refractivity contribution is -0.135. The number of amides is 3. The van der Waals surface area contributed by atoms with Crippen LogP contribution >= 0.6 is 11.3 Å². The Hall–Kier alpha value is -2.74. The Kier molecular flexibility index (Phi) is 9.00. The van der Waals surface area contributed by atoms with Gasteiger partial charge >= 0.3 is 6.03 Å². The summed E-state index contributed by atoms with van der Waals surface area (Å²) >= 11 is 1.72. The summed E-state index contributed by atoms with van der Waals surface area (Å²) in [4.78, 5) is 31.1. The minimum atomic E-state index is -0.213. The number of benzene rings is 1.